The van der Waals surface area contributed by atoms with Crippen molar-refractivity contribution in [1.82, 2.24) is 10.2 Å². The van der Waals surface area contributed by atoms with Crippen molar-refractivity contribution >= 4 is 11.8 Å². The van der Waals surface area contributed by atoms with Crippen LogP contribution < -0.4 is 19.5 Å². The van der Waals surface area contributed by atoms with Crippen LogP contribution in [-0.4, -0.2) is 50.1 Å². The number of carbonyl (C=O) groups is 2. The van der Waals surface area contributed by atoms with Crippen LogP contribution >= 0.6 is 0 Å². The van der Waals surface area contributed by atoms with Crippen molar-refractivity contribution in [3.63, 3.8) is 0 Å². The third-order valence-electron chi connectivity index (χ3n) is 5.10. The van der Waals surface area contributed by atoms with Crippen molar-refractivity contribution in [2.45, 2.75) is 46.2 Å². The first-order chi connectivity index (χ1) is 15.4. The van der Waals surface area contributed by atoms with E-state index in [4.69, 9.17) is 14.2 Å². The Balaban J connectivity index is 2.22. The molecule has 0 fully saturated rings. The summed E-state index contributed by atoms with van der Waals surface area (Å²) >= 11 is 0. The first-order valence-electron chi connectivity index (χ1n) is 10.9. The molecule has 0 aromatic heterocycles. The van der Waals surface area contributed by atoms with E-state index in [0.717, 1.165) is 17.5 Å². The van der Waals surface area contributed by atoms with Crippen LogP contribution in [0.2, 0.25) is 0 Å². The van der Waals surface area contributed by atoms with Gasteiger partial charge in [-0.15, -0.1) is 0 Å². The van der Waals surface area contributed by atoms with Gasteiger partial charge in [0.15, 0.2) is 6.61 Å². The van der Waals surface area contributed by atoms with Crippen molar-refractivity contribution in [3.8, 4) is 17.2 Å². The van der Waals surface area contributed by atoms with Gasteiger partial charge in [-0.25, -0.2) is 0 Å². The van der Waals surface area contributed by atoms with E-state index >= 15 is 0 Å². The molecule has 7 nitrogen and oxygen atoms in total. The summed E-state index contributed by atoms with van der Waals surface area (Å²) in [4.78, 5) is 27.6. The van der Waals surface area contributed by atoms with Gasteiger partial charge in [0.1, 0.15) is 23.3 Å². The topological polar surface area (TPSA) is 77.1 Å². The van der Waals surface area contributed by atoms with Crippen LogP contribution in [0.5, 0.6) is 17.2 Å². The fourth-order valence-corrected chi connectivity index (χ4v) is 3.27. The van der Waals surface area contributed by atoms with Gasteiger partial charge < -0.3 is 24.4 Å². The number of ether oxygens (including phenoxy) is 3. The molecule has 0 spiro atoms. The Morgan fingerprint density at radius 1 is 0.969 bits per heavy atom. The molecule has 0 aliphatic heterocycles. The quantitative estimate of drug-likeness (QED) is 0.542. The zero-order chi connectivity index (χ0) is 23.5. The molecule has 7 heteroatoms. The predicted octanol–water partition coefficient (Wildman–Crippen LogP) is 3.72. The standard InChI is InChI=1S/C25H34N2O5/c1-6-12-26-25(29)23(7-2)27(16-19-10-8-18(3)9-11-19)24(28)17-32-22-14-20(30-4)13-21(15-22)31-5/h8-11,13-15,23H,6-7,12,16-17H2,1-5H3,(H,26,29)/t23-/m0/s1. The maximum absolute atomic E-state index is 13.2. The Bertz CT molecular complexity index is 860. The lowest BCUT2D eigenvalue weighted by Crippen LogP contribution is -2.50. The average molecular weight is 443 g/mol. The molecule has 32 heavy (non-hydrogen) atoms. The summed E-state index contributed by atoms with van der Waals surface area (Å²) in [6, 6.07) is 12.4. The fourth-order valence-electron chi connectivity index (χ4n) is 3.27. The zero-order valence-corrected chi connectivity index (χ0v) is 19.6. The van der Waals surface area contributed by atoms with Gasteiger partial charge in [-0.05, 0) is 25.3 Å². The fraction of sp³-hybridized carbons (Fsp3) is 0.440. The molecular weight excluding hydrogens is 408 g/mol. The van der Waals surface area contributed by atoms with Crippen LogP contribution in [0.4, 0.5) is 0 Å². The number of hydrogen-bond donors (Lipinski definition) is 1. The molecule has 2 aromatic rings. The Morgan fingerprint density at radius 3 is 2.09 bits per heavy atom. The number of nitrogens with zero attached hydrogens (tertiary/aromatic N) is 1. The van der Waals surface area contributed by atoms with E-state index in [2.05, 4.69) is 5.32 Å². The van der Waals surface area contributed by atoms with E-state index in [9.17, 15) is 9.59 Å². The number of hydrogen-bond acceptors (Lipinski definition) is 5. The van der Waals surface area contributed by atoms with Gasteiger partial charge >= 0.3 is 0 Å². The maximum atomic E-state index is 13.2. The lowest BCUT2D eigenvalue weighted by atomic mass is 10.1. The molecule has 0 saturated carbocycles. The number of rotatable bonds is 12. The summed E-state index contributed by atoms with van der Waals surface area (Å²) in [5.74, 6) is 1.15. The number of nitrogens with one attached hydrogen (secondary N) is 1. The highest BCUT2D eigenvalue weighted by Crippen LogP contribution is 2.27. The number of amides is 2. The molecule has 1 atom stereocenters. The minimum absolute atomic E-state index is 0.155. The highest BCUT2D eigenvalue weighted by molar-refractivity contribution is 5.88. The van der Waals surface area contributed by atoms with E-state index in [1.54, 1.807) is 37.3 Å². The van der Waals surface area contributed by atoms with Gasteiger partial charge in [-0.3, -0.25) is 9.59 Å². The zero-order valence-electron chi connectivity index (χ0n) is 19.6. The van der Waals surface area contributed by atoms with Crippen LogP contribution in [-0.2, 0) is 16.1 Å². The van der Waals surface area contributed by atoms with Crippen molar-refractivity contribution in [2.75, 3.05) is 27.4 Å². The molecule has 0 bridgehead atoms. The van der Waals surface area contributed by atoms with Gasteiger partial charge in [0.25, 0.3) is 5.91 Å². The van der Waals surface area contributed by atoms with E-state index in [1.165, 1.54) is 0 Å². The van der Waals surface area contributed by atoms with Gasteiger partial charge in [0.05, 0.1) is 14.2 Å². The van der Waals surface area contributed by atoms with Crippen LogP contribution in [0, 0.1) is 6.92 Å². The number of aryl methyl sites for hydroxylation is 1. The van der Waals surface area contributed by atoms with Gasteiger partial charge in [0, 0.05) is 31.3 Å². The van der Waals surface area contributed by atoms with Gasteiger partial charge in [-0.2, -0.15) is 0 Å². The number of carbonyl (C=O) groups excluding carboxylic acids is 2. The van der Waals surface area contributed by atoms with Crippen molar-refractivity contribution < 1.29 is 23.8 Å². The highest BCUT2D eigenvalue weighted by Gasteiger charge is 2.28. The van der Waals surface area contributed by atoms with E-state index in [1.807, 2.05) is 45.0 Å². The van der Waals surface area contributed by atoms with E-state index < -0.39 is 6.04 Å². The summed E-state index contributed by atoms with van der Waals surface area (Å²) in [5.41, 5.74) is 2.09. The Hall–Kier alpha value is -3.22. The second-order valence-electron chi connectivity index (χ2n) is 7.56. The molecule has 1 N–H and O–H groups in total. The summed E-state index contributed by atoms with van der Waals surface area (Å²) in [7, 11) is 3.10. The lowest BCUT2D eigenvalue weighted by Gasteiger charge is -2.30. The molecule has 2 aromatic carbocycles. The second-order valence-corrected chi connectivity index (χ2v) is 7.56. The summed E-state index contributed by atoms with van der Waals surface area (Å²) in [6.07, 6.45) is 1.33. The predicted molar refractivity (Wildman–Crippen MR) is 124 cm³/mol. The molecule has 0 heterocycles. The first-order valence-corrected chi connectivity index (χ1v) is 10.9. The molecular formula is C25H34N2O5. The SMILES string of the molecule is CCCNC(=O)[C@H](CC)N(Cc1ccc(C)cc1)C(=O)COc1cc(OC)cc(OC)c1. The van der Waals surface area contributed by atoms with Crippen molar-refractivity contribution in [2.24, 2.45) is 0 Å². The number of methoxy groups -OCH3 is 2. The minimum atomic E-state index is -0.584. The summed E-state index contributed by atoms with van der Waals surface area (Å²) in [6.45, 7) is 6.59. The van der Waals surface area contributed by atoms with Crippen molar-refractivity contribution in [1.29, 1.82) is 0 Å². The molecule has 2 rings (SSSR count). The summed E-state index contributed by atoms with van der Waals surface area (Å²) in [5, 5.41) is 2.91. The lowest BCUT2D eigenvalue weighted by molar-refractivity contribution is -0.143. The molecule has 0 saturated heterocycles. The van der Waals surface area contributed by atoms with Gasteiger partial charge in [-0.1, -0.05) is 43.7 Å². The summed E-state index contributed by atoms with van der Waals surface area (Å²) < 4.78 is 16.3. The average Bonchev–Trinajstić information content (AvgIpc) is 2.81. The van der Waals surface area contributed by atoms with Crippen LogP contribution in [0.25, 0.3) is 0 Å². The molecule has 174 valence electrons. The second kappa shape index (κ2) is 12.6. The molecule has 0 aliphatic rings. The van der Waals surface area contributed by atoms with E-state index in [0.29, 0.717) is 36.8 Å². The largest absolute Gasteiger partial charge is 0.496 e. The molecule has 0 radical (unpaired) electrons. The minimum Gasteiger partial charge on any atom is -0.496 e. The van der Waals surface area contributed by atoms with Crippen molar-refractivity contribution in [3.05, 3.63) is 53.6 Å². The van der Waals surface area contributed by atoms with Crippen LogP contribution in [0.15, 0.2) is 42.5 Å². The van der Waals surface area contributed by atoms with Crippen LogP contribution in [0.1, 0.15) is 37.8 Å². The van der Waals surface area contributed by atoms with E-state index in [-0.39, 0.29) is 18.4 Å². The molecule has 0 unspecified atom stereocenters. The Labute approximate surface area is 190 Å². The molecule has 2 amide bonds. The third-order valence-corrected chi connectivity index (χ3v) is 5.10. The maximum Gasteiger partial charge on any atom is 0.261 e. The van der Waals surface area contributed by atoms with Crippen LogP contribution in [0.3, 0.4) is 0 Å². The number of benzene rings is 2. The highest BCUT2D eigenvalue weighted by atomic mass is 16.5. The van der Waals surface area contributed by atoms with Gasteiger partial charge in [0.2, 0.25) is 5.91 Å². The monoisotopic (exact) mass is 442 g/mol. The smallest absolute Gasteiger partial charge is 0.261 e. The third kappa shape index (κ3) is 7.18. The Kier molecular flexibility index (Phi) is 9.85. The Morgan fingerprint density at radius 2 is 1.56 bits per heavy atom. The normalized spacial score (nSPS) is 11.4. The first kappa shape index (κ1) is 25.0. The molecule has 0 aliphatic carbocycles.